The predicted molar refractivity (Wildman–Crippen MR) is 256 cm³/mol. The summed E-state index contributed by atoms with van der Waals surface area (Å²) in [7, 11) is 0. The van der Waals surface area contributed by atoms with Crippen LogP contribution in [0.3, 0.4) is 0 Å². The lowest BCUT2D eigenvalue weighted by molar-refractivity contribution is 0.641. The van der Waals surface area contributed by atoms with Crippen LogP contribution in [0.4, 0.5) is 45.5 Å². The summed E-state index contributed by atoms with van der Waals surface area (Å²) in [6.07, 6.45) is 3.44. The van der Waals surface area contributed by atoms with Crippen LogP contribution in [-0.2, 0) is 11.8 Å². The van der Waals surface area contributed by atoms with Gasteiger partial charge in [0.2, 0.25) is 0 Å². The fourth-order valence-electron chi connectivity index (χ4n) is 9.85. The Morgan fingerprint density at radius 1 is 0.443 bits per heavy atom. The zero-order valence-electron chi connectivity index (χ0n) is 34.4. The molecule has 0 bridgehead atoms. The van der Waals surface area contributed by atoms with Gasteiger partial charge >= 0.3 is 0 Å². The summed E-state index contributed by atoms with van der Waals surface area (Å²) in [6, 6.07) is 79.0. The molecule has 1 unspecified atom stereocenters. The Morgan fingerprint density at radius 2 is 0.852 bits per heavy atom. The van der Waals surface area contributed by atoms with E-state index in [1.807, 2.05) is 0 Å². The molecule has 61 heavy (non-hydrogen) atoms. The first kappa shape index (κ1) is 36.5. The lowest BCUT2D eigenvalue weighted by Crippen LogP contribution is -2.38. The maximum Gasteiger partial charge on any atom is 0.0570 e. The fourth-order valence-corrected chi connectivity index (χ4v) is 9.85. The molecule has 0 fully saturated rings. The topological polar surface area (TPSA) is 14.7 Å². The summed E-state index contributed by atoms with van der Waals surface area (Å²) < 4.78 is 2.57. The van der Waals surface area contributed by atoms with Gasteiger partial charge in [-0.15, -0.1) is 0 Å². The van der Waals surface area contributed by atoms with Crippen LogP contribution in [0.2, 0.25) is 0 Å². The first-order valence-electron chi connectivity index (χ1n) is 21.3. The number of rotatable bonds is 9. The van der Waals surface area contributed by atoms with Gasteiger partial charge in [0, 0.05) is 56.3 Å². The minimum absolute atomic E-state index is 0.0588. The highest BCUT2D eigenvalue weighted by molar-refractivity contribution is 6.00. The van der Waals surface area contributed by atoms with Crippen LogP contribution in [0.1, 0.15) is 30.7 Å². The number of anilines is 8. The molecule has 0 saturated carbocycles. The van der Waals surface area contributed by atoms with Crippen molar-refractivity contribution in [1.82, 2.24) is 4.57 Å². The normalized spacial score (nSPS) is 14.7. The Hall–Kier alpha value is -7.56. The molecule has 2 heterocycles. The maximum atomic E-state index is 2.58. The van der Waals surface area contributed by atoms with Crippen LogP contribution in [0.15, 0.2) is 224 Å². The van der Waals surface area contributed by atoms with E-state index < -0.39 is 0 Å². The molecule has 0 saturated heterocycles. The van der Waals surface area contributed by atoms with Crippen molar-refractivity contribution in [2.24, 2.45) is 0 Å². The molecule has 294 valence electrons. The van der Waals surface area contributed by atoms with Crippen LogP contribution in [-0.4, -0.2) is 10.6 Å². The Labute approximate surface area is 358 Å². The standard InChI is InChI=1S/C57H46N4/c1-57(2)52-39-48(59(43-25-13-5-14-26-43)44-27-15-6-16-28-44)34-36-55(52)61-54-35-33-47(58(41-21-9-3-10-22-41)42-23-11-4-12-24-42)37-50(54)51-38-49(40-53(57)56(51)61)60(45-29-17-7-18-30-45)46-31-19-8-20-32-46/h3-37,39-40,49H,38H2,1-2H3. The second-order valence-electron chi connectivity index (χ2n) is 16.6. The van der Waals surface area contributed by atoms with Gasteiger partial charge in [-0.05, 0) is 132 Å². The number of aromatic nitrogens is 1. The van der Waals surface area contributed by atoms with E-state index in [0.717, 1.165) is 40.5 Å². The largest absolute Gasteiger partial charge is 0.334 e. The SMILES string of the molecule is CC1(C)C2=CC(N(c3ccccc3)c3ccccc3)Cc3c2n(c2ccc(N(c4ccccc4)c4ccccc4)cc32)-c2ccc(N(c3ccccc3)c3ccccc3)cc21. The highest BCUT2D eigenvalue weighted by atomic mass is 15.2. The van der Waals surface area contributed by atoms with E-state index in [1.54, 1.807) is 0 Å². The molecule has 8 aromatic carbocycles. The van der Waals surface area contributed by atoms with E-state index in [9.17, 15) is 0 Å². The van der Waals surface area contributed by atoms with Crippen molar-refractivity contribution in [3.63, 3.8) is 0 Å². The van der Waals surface area contributed by atoms with Crippen molar-refractivity contribution in [3.05, 3.63) is 241 Å². The molecule has 0 spiro atoms. The van der Waals surface area contributed by atoms with Gasteiger partial charge in [-0.2, -0.15) is 0 Å². The van der Waals surface area contributed by atoms with Crippen molar-refractivity contribution in [2.75, 3.05) is 14.7 Å². The average Bonchev–Trinajstić information content (AvgIpc) is 3.64. The Kier molecular flexibility index (Phi) is 8.93. The van der Waals surface area contributed by atoms with Crippen LogP contribution in [0.25, 0.3) is 22.2 Å². The van der Waals surface area contributed by atoms with Gasteiger partial charge in [0.15, 0.2) is 0 Å². The molecule has 2 aliphatic rings. The second-order valence-corrected chi connectivity index (χ2v) is 16.6. The van der Waals surface area contributed by atoms with Crippen molar-refractivity contribution in [3.8, 4) is 5.69 Å². The summed E-state index contributed by atoms with van der Waals surface area (Å²) in [4.78, 5) is 7.30. The van der Waals surface area contributed by atoms with Gasteiger partial charge in [0.05, 0.1) is 22.9 Å². The van der Waals surface area contributed by atoms with Gasteiger partial charge in [0.25, 0.3) is 0 Å². The quantitative estimate of drug-likeness (QED) is 0.145. The highest BCUT2D eigenvalue weighted by Crippen LogP contribution is 2.54. The maximum absolute atomic E-state index is 2.58. The van der Waals surface area contributed by atoms with Crippen molar-refractivity contribution >= 4 is 62.0 Å². The van der Waals surface area contributed by atoms with Gasteiger partial charge < -0.3 is 19.3 Å². The van der Waals surface area contributed by atoms with E-state index in [2.05, 4.69) is 258 Å². The van der Waals surface area contributed by atoms with Crippen molar-refractivity contribution < 1.29 is 0 Å². The molecule has 0 N–H and O–H groups in total. The molecule has 1 aliphatic heterocycles. The minimum Gasteiger partial charge on any atom is -0.334 e. The van der Waals surface area contributed by atoms with Gasteiger partial charge in [-0.1, -0.05) is 129 Å². The third-order valence-electron chi connectivity index (χ3n) is 12.6. The molecule has 1 aliphatic carbocycles. The van der Waals surface area contributed by atoms with E-state index >= 15 is 0 Å². The summed E-state index contributed by atoms with van der Waals surface area (Å²) in [5.41, 5.74) is 16.6. The predicted octanol–water partition coefficient (Wildman–Crippen LogP) is 15.0. The van der Waals surface area contributed by atoms with Crippen molar-refractivity contribution in [2.45, 2.75) is 31.7 Å². The molecule has 0 radical (unpaired) electrons. The molecule has 4 heteroatoms. The molecule has 1 atom stereocenters. The number of allylic oxidation sites excluding steroid dienone is 1. The minimum atomic E-state index is -0.329. The van der Waals surface area contributed by atoms with E-state index in [4.69, 9.17) is 0 Å². The van der Waals surface area contributed by atoms with Crippen molar-refractivity contribution in [1.29, 1.82) is 0 Å². The second kappa shape index (κ2) is 14.9. The van der Waals surface area contributed by atoms with Crippen LogP contribution >= 0.6 is 0 Å². The third kappa shape index (κ3) is 6.22. The first-order valence-corrected chi connectivity index (χ1v) is 21.3. The van der Waals surface area contributed by atoms with E-state index in [1.165, 1.54) is 50.4 Å². The Balaban J connectivity index is 1.16. The molecule has 0 amide bonds. The van der Waals surface area contributed by atoms with Crippen LogP contribution < -0.4 is 14.7 Å². The van der Waals surface area contributed by atoms with Crippen LogP contribution in [0.5, 0.6) is 0 Å². The number of nitrogens with zero attached hydrogens (tertiary/aromatic N) is 4. The monoisotopic (exact) mass is 786 g/mol. The molecular formula is C57H46N4. The van der Waals surface area contributed by atoms with Gasteiger partial charge in [-0.25, -0.2) is 0 Å². The van der Waals surface area contributed by atoms with Gasteiger partial charge in [-0.3, -0.25) is 0 Å². The summed E-state index contributed by atoms with van der Waals surface area (Å²) in [6.45, 7) is 4.86. The number of fused-ring (bicyclic) bond motifs is 5. The number of hydrogen-bond acceptors (Lipinski definition) is 3. The first-order chi connectivity index (χ1) is 30.0. The highest BCUT2D eigenvalue weighted by Gasteiger charge is 2.43. The zero-order valence-corrected chi connectivity index (χ0v) is 34.4. The Morgan fingerprint density at radius 3 is 1.31 bits per heavy atom. The summed E-state index contributed by atoms with van der Waals surface area (Å²) in [5.74, 6) is 0. The smallest absolute Gasteiger partial charge is 0.0570 e. The summed E-state index contributed by atoms with van der Waals surface area (Å²) in [5, 5.41) is 1.28. The van der Waals surface area contributed by atoms with Gasteiger partial charge in [0.1, 0.15) is 0 Å². The lowest BCUT2D eigenvalue weighted by Gasteiger charge is -2.43. The third-order valence-corrected chi connectivity index (χ3v) is 12.6. The number of para-hydroxylation sites is 6. The number of hydrogen-bond donors (Lipinski definition) is 0. The molecule has 9 aromatic rings. The lowest BCUT2D eigenvalue weighted by atomic mass is 9.69. The zero-order chi connectivity index (χ0) is 40.9. The molecule has 4 nitrogen and oxygen atoms in total. The van der Waals surface area contributed by atoms with Crippen LogP contribution in [0, 0.1) is 0 Å². The fraction of sp³-hybridized carbons (Fsp3) is 0.0877. The molecule has 11 rings (SSSR count). The summed E-state index contributed by atoms with van der Waals surface area (Å²) >= 11 is 0. The van der Waals surface area contributed by atoms with E-state index in [0.29, 0.717) is 0 Å². The molecular weight excluding hydrogens is 741 g/mol. The Bertz CT molecular complexity index is 2890. The average molecular weight is 787 g/mol. The molecule has 1 aromatic heterocycles. The van der Waals surface area contributed by atoms with E-state index in [-0.39, 0.29) is 11.5 Å². The number of benzene rings is 8.